The van der Waals surface area contributed by atoms with Gasteiger partial charge in [0.25, 0.3) is 0 Å². The number of aromatic nitrogens is 1. The van der Waals surface area contributed by atoms with E-state index in [1.165, 1.54) is 25.7 Å². The minimum absolute atomic E-state index is 0.478. The number of nitrogens with one attached hydrogen (secondary N) is 1. The molecule has 0 aromatic carbocycles. The predicted molar refractivity (Wildman–Crippen MR) is 70.4 cm³/mol. The van der Waals surface area contributed by atoms with Crippen LogP contribution in [0.3, 0.4) is 0 Å². The first kappa shape index (κ1) is 12.2. The molecule has 0 radical (unpaired) electrons. The average molecular weight is 234 g/mol. The van der Waals surface area contributed by atoms with Crippen molar-refractivity contribution < 1.29 is 4.74 Å². The van der Waals surface area contributed by atoms with Crippen molar-refractivity contribution in [2.45, 2.75) is 45.6 Å². The third kappa shape index (κ3) is 3.11. The molecule has 1 heterocycles. The van der Waals surface area contributed by atoms with E-state index in [1.807, 2.05) is 25.3 Å². The molecule has 1 fully saturated rings. The number of ether oxygens (including phenoxy) is 1. The minimum Gasteiger partial charge on any atom is -0.490 e. The van der Waals surface area contributed by atoms with Crippen molar-refractivity contribution in [1.82, 2.24) is 4.98 Å². The molecule has 1 saturated carbocycles. The molecule has 3 nitrogen and oxygen atoms in total. The third-order valence-electron chi connectivity index (χ3n) is 3.54. The van der Waals surface area contributed by atoms with Gasteiger partial charge in [0, 0.05) is 12.2 Å². The Balaban J connectivity index is 2.01. The van der Waals surface area contributed by atoms with E-state index in [2.05, 4.69) is 17.2 Å². The lowest BCUT2D eigenvalue weighted by molar-refractivity contribution is 0.339. The van der Waals surface area contributed by atoms with Gasteiger partial charge in [0.2, 0.25) is 0 Å². The lowest BCUT2D eigenvalue weighted by Gasteiger charge is -2.22. The highest BCUT2D eigenvalue weighted by Crippen LogP contribution is 2.30. The monoisotopic (exact) mass is 234 g/mol. The number of anilines is 1. The van der Waals surface area contributed by atoms with Crippen LogP contribution in [0.1, 0.15) is 39.5 Å². The molecule has 94 valence electrons. The van der Waals surface area contributed by atoms with Crippen molar-refractivity contribution in [2.75, 3.05) is 11.9 Å². The molecule has 3 heteroatoms. The van der Waals surface area contributed by atoms with Crippen LogP contribution in [-0.2, 0) is 0 Å². The van der Waals surface area contributed by atoms with Crippen LogP contribution < -0.4 is 10.1 Å². The van der Waals surface area contributed by atoms with Crippen molar-refractivity contribution in [3.05, 3.63) is 18.3 Å². The second-order valence-electron chi connectivity index (χ2n) is 4.76. The number of pyridine rings is 1. The van der Waals surface area contributed by atoms with Crippen LogP contribution in [-0.4, -0.2) is 17.6 Å². The van der Waals surface area contributed by atoms with E-state index in [4.69, 9.17) is 4.74 Å². The standard InChI is InChI=1S/C14H22N2O/c1-3-17-13-9-6-10-15-14(13)16-11(2)12-7-4-5-8-12/h6,9-12H,3-5,7-8H2,1-2H3,(H,15,16). The summed E-state index contributed by atoms with van der Waals surface area (Å²) in [5.41, 5.74) is 0. The lowest BCUT2D eigenvalue weighted by atomic mass is 10.00. The molecular formula is C14H22N2O. The van der Waals surface area contributed by atoms with Crippen LogP contribution in [0.2, 0.25) is 0 Å². The van der Waals surface area contributed by atoms with Crippen LogP contribution in [0.5, 0.6) is 5.75 Å². The highest BCUT2D eigenvalue weighted by Gasteiger charge is 2.22. The van der Waals surface area contributed by atoms with E-state index < -0.39 is 0 Å². The van der Waals surface area contributed by atoms with Crippen molar-refractivity contribution in [3.8, 4) is 5.75 Å². The minimum atomic E-state index is 0.478. The Morgan fingerprint density at radius 3 is 2.94 bits per heavy atom. The van der Waals surface area contributed by atoms with Gasteiger partial charge in [-0.1, -0.05) is 12.8 Å². The Hall–Kier alpha value is -1.25. The van der Waals surface area contributed by atoms with Gasteiger partial charge in [-0.25, -0.2) is 4.98 Å². The quantitative estimate of drug-likeness (QED) is 0.847. The molecule has 1 atom stereocenters. The van der Waals surface area contributed by atoms with Gasteiger partial charge in [0.05, 0.1) is 6.61 Å². The molecule has 1 aliphatic carbocycles. The highest BCUT2D eigenvalue weighted by molar-refractivity contribution is 5.50. The molecule has 0 bridgehead atoms. The van der Waals surface area contributed by atoms with Crippen LogP contribution in [0, 0.1) is 5.92 Å². The SMILES string of the molecule is CCOc1cccnc1NC(C)C1CCCC1. The second kappa shape index (κ2) is 5.89. The third-order valence-corrected chi connectivity index (χ3v) is 3.54. The fraction of sp³-hybridized carbons (Fsp3) is 0.643. The maximum atomic E-state index is 5.58. The smallest absolute Gasteiger partial charge is 0.168 e. The zero-order valence-electron chi connectivity index (χ0n) is 10.8. The van der Waals surface area contributed by atoms with Gasteiger partial charge < -0.3 is 10.1 Å². The molecule has 1 unspecified atom stereocenters. The van der Waals surface area contributed by atoms with Gasteiger partial charge in [-0.05, 0) is 44.7 Å². The van der Waals surface area contributed by atoms with Gasteiger partial charge in [-0.3, -0.25) is 0 Å². The van der Waals surface area contributed by atoms with Crippen LogP contribution in [0.4, 0.5) is 5.82 Å². The van der Waals surface area contributed by atoms with Crippen LogP contribution >= 0.6 is 0 Å². The zero-order chi connectivity index (χ0) is 12.1. The summed E-state index contributed by atoms with van der Waals surface area (Å²) in [5.74, 6) is 2.53. The zero-order valence-corrected chi connectivity index (χ0v) is 10.8. The van der Waals surface area contributed by atoms with Gasteiger partial charge in [-0.15, -0.1) is 0 Å². The molecule has 1 aliphatic rings. The highest BCUT2D eigenvalue weighted by atomic mass is 16.5. The van der Waals surface area contributed by atoms with E-state index in [9.17, 15) is 0 Å². The van der Waals surface area contributed by atoms with E-state index in [1.54, 1.807) is 0 Å². The van der Waals surface area contributed by atoms with Gasteiger partial charge in [0.1, 0.15) is 0 Å². The maximum absolute atomic E-state index is 5.58. The summed E-state index contributed by atoms with van der Waals surface area (Å²) < 4.78 is 5.58. The molecule has 0 spiro atoms. The number of rotatable bonds is 5. The van der Waals surface area contributed by atoms with Crippen LogP contribution in [0.25, 0.3) is 0 Å². The number of nitrogens with zero attached hydrogens (tertiary/aromatic N) is 1. The largest absolute Gasteiger partial charge is 0.490 e. The summed E-state index contributed by atoms with van der Waals surface area (Å²) >= 11 is 0. The summed E-state index contributed by atoms with van der Waals surface area (Å²) in [4.78, 5) is 4.37. The Bertz CT molecular complexity index is 348. The summed E-state index contributed by atoms with van der Waals surface area (Å²) in [6.45, 7) is 4.93. The molecule has 0 amide bonds. The van der Waals surface area contributed by atoms with E-state index in [-0.39, 0.29) is 0 Å². The van der Waals surface area contributed by atoms with Crippen molar-refractivity contribution in [1.29, 1.82) is 0 Å². The van der Waals surface area contributed by atoms with E-state index in [0.717, 1.165) is 17.5 Å². The fourth-order valence-corrected chi connectivity index (χ4v) is 2.56. The first-order chi connectivity index (χ1) is 8.31. The summed E-state index contributed by atoms with van der Waals surface area (Å²) in [7, 11) is 0. The van der Waals surface area contributed by atoms with Gasteiger partial charge in [-0.2, -0.15) is 0 Å². The Morgan fingerprint density at radius 1 is 1.47 bits per heavy atom. The first-order valence-corrected chi connectivity index (χ1v) is 6.65. The second-order valence-corrected chi connectivity index (χ2v) is 4.76. The molecule has 0 aliphatic heterocycles. The molecular weight excluding hydrogens is 212 g/mol. The Morgan fingerprint density at radius 2 is 2.24 bits per heavy atom. The molecule has 1 N–H and O–H groups in total. The molecule has 17 heavy (non-hydrogen) atoms. The molecule has 0 saturated heterocycles. The molecule has 2 rings (SSSR count). The summed E-state index contributed by atoms with van der Waals surface area (Å²) in [5, 5.41) is 3.50. The molecule has 1 aromatic heterocycles. The number of hydrogen-bond donors (Lipinski definition) is 1. The number of hydrogen-bond acceptors (Lipinski definition) is 3. The molecule has 1 aromatic rings. The lowest BCUT2D eigenvalue weighted by Crippen LogP contribution is -2.24. The Labute approximate surface area is 104 Å². The fourth-order valence-electron chi connectivity index (χ4n) is 2.56. The normalized spacial score (nSPS) is 18.0. The first-order valence-electron chi connectivity index (χ1n) is 6.65. The summed E-state index contributed by atoms with van der Waals surface area (Å²) in [6, 6.07) is 4.36. The maximum Gasteiger partial charge on any atom is 0.168 e. The van der Waals surface area contributed by atoms with E-state index >= 15 is 0 Å². The Kier molecular flexibility index (Phi) is 4.24. The summed E-state index contributed by atoms with van der Waals surface area (Å²) in [6.07, 6.45) is 7.23. The average Bonchev–Trinajstić information content (AvgIpc) is 2.85. The van der Waals surface area contributed by atoms with Crippen molar-refractivity contribution >= 4 is 5.82 Å². The van der Waals surface area contributed by atoms with Gasteiger partial charge in [0.15, 0.2) is 11.6 Å². The van der Waals surface area contributed by atoms with Crippen molar-refractivity contribution in [3.63, 3.8) is 0 Å². The van der Waals surface area contributed by atoms with E-state index in [0.29, 0.717) is 12.6 Å². The van der Waals surface area contributed by atoms with Crippen molar-refractivity contribution in [2.24, 2.45) is 5.92 Å². The van der Waals surface area contributed by atoms with Gasteiger partial charge >= 0.3 is 0 Å². The predicted octanol–water partition coefficient (Wildman–Crippen LogP) is 3.47. The van der Waals surface area contributed by atoms with Crippen LogP contribution in [0.15, 0.2) is 18.3 Å². The topological polar surface area (TPSA) is 34.1 Å².